The molecule has 4 rings (SSSR count). The van der Waals surface area contributed by atoms with Gasteiger partial charge in [-0.15, -0.1) is 0 Å². The molecule has 0 bridgehead atoms. The van der Waals surface area contributed by atoms with E-state index in [4.69, 9.17) is 27.9 Å². The van der Waals surface area contributed by atoms with Crippen molar-refractivity contribution in [3.05, 3.63) is 124 Å². The van der Waals surface area contributed by atoms with Crippen LogP contribution in [0.2, 0.25) is 10.0 Å². The second-order valence-electron chi connectivity index (χ2n) is 6.86. The Balaban J connectivity index is 1.87. The number of benzene rings is 4. The zero-order valence-electron chi connectivity index (χ0n) is 17.3. The van der Waals surface area contributed by atoms with Gasteiger partial charge in [0.1, 0.15) is 0 Å². The van der Waals surface area contributed by atoms with E-state index < -0.39 is 0 Å². The molecule has 1 nitrogen and oxygen atoms in total. The molecular weight excluding hydrogens is 569 g/mol. The van der Waals surface area contributed by atoms with Gasteiger partial charge in [0, 0.05) is 0 Å². The summed E-state index contributed by atoms with van der Waals surface area (Å²) in [7, 11) is 1.70. The first-order chi connectivity index (χ1) is 15.6. The molecule has 0 saturated heterocycles. The van der Waals surface area contributed by atoms with Gasteiger partial charge >= 0.3 is 213 Å². The Morgan fingerprint density at radius 3 is 1.44 bits per heavy atom. The normalized spacial score (nSPS) is 11.7. The van der Waals surface area contributed by atoms with Gasteiger partial charge in [-0.05, 0) is 0 Å². The molecule has 5 heteroatoms. The summed E-state index contributed by atoms with van der Waals surface area (Å²) in [6.07, 6.45) is 0. The molecule has 4 aromatic rings. The van der Waals surface area contributed by atoms with Gasteiger partial charge in [0.2, 0.25) is 0 Å². The molecule has 4 aromatic carbocycles. The Morgan fingerprint density at radius 1 is 0.562 bits per heavy atom. The predicted octanol–water partition coefficient (Wildman–Crippen LogP) is 5.89. The van der Waals surface area contributed by atoms with Crippen molar-refractivity contribution in [3.63, 3.8) is 0 Å². The van der Waals surface area contributed by atoms with Gasteiger partial charge < -0.3 is 0 Å². The summed E-state index contributed by atoms with van der Waals surface area (Å²) in [4.78, 5) is 0. The summed E-state index contributed by atoms with van der Waals surface area (Å²) >= 11 is 12.5. The Labute approximate surface area is 211 Å². The van der Waals surface area contributed by atoms with E-state index in [1.807, 2.05) is 36.4 Å². The van der Waals surface area contributed by atoms with Crippen molar-refractivity contribution in [2.45, 2.75) is 0 Å². The number of methoxy groups -OCH3 is 1. The predicted molar refractivity (Wildman–Crippen MR) is 140 cm³/mol. The first kappa shape index (κ1) is 23.2. The number of rotatable bonds is 7. The van der Waals surface area contributed by atoms with Crippen molar-refractivity contribution in [1.82, 2.24) is 0 Å². The molecule has 160 valence electrons. The molecule has 0 heterocycles. The molecular formula is C27H20Cl2OSe2. The fraction of sp³-hybridized carbons (Fsp3) is 0.0370. The van der Waals surface area contributed by atoms with Crippen molar-refractivity contribution < 1.29 is 4.74 Å². The van der Waals surface area contributed by atoms with Crippen LogP contribution < -0.4 is 13.7 Å². The fourth-order valence-electron chi connectivity index (χ4n) is 3.05. The third-order valence-electron chi connectivity index (χ3n) is 4.66. The third kappa shape index (κ3) is 6.09. The average molecular weight is 589 g/mol. The van der Waals surface area contributed by atoms with Gasteiger partial charge in [-0.25, -0.2) is 0 Å². The second kappa shape index (κ2) is 11.3. The molecule has 0 radical (unpaired) electrons. The monoisotopic (exact) mass is 590 g/mol. The molecule has 0 aliphatic carbocycles. The van der Waals surface area contributed by atoms with Crippen molar-refractivity contribution in [2.24, 2.45) is 0 Å². The average Bonchev–Trinajstić information content (AvgIpc) is 2.84. The van der Waals surface area contributed by atoms with Gasteiger partial charge in [-0.3, -0.25) is 0 Å². The van der Waals surface area contributed by atoms with Crippen molar-refractivity contribution >= 4 is 71.0 Å². The maximum absolute atomic E-state index is 6.15. The molecule has 32 heavy (non-hydrogen) atoms. The fourth-order valence-corrected chi connectivity index (χ4v) is 8.29. The molecule has 0 unspecified atom stereocenters. The van der Waals surface area contributed by atoms with Gasteiger partial charge in [-0.1, -0.05) is 0 Å². The number of hydrogen-bond acceptors (Lipinski definition) is 1. The van der Waals surface area contributed by atoms with E-state index in [-0.39, 0.29) is 29.9 Å². The number of halogens is 2. The van der Waals surface area contributed by atoms with E-state index in [9.17, 15) is 0 Å². The Hall–Kier alpha value is -1.96. The molecule has 0 fully saturated rings. The van der Waals surface area contributed by atoms with Crippen LogP contribution in [-0.2, 0) is 0 Å². The molecule has 0 aromatic heterocycles. The van der Waals surface area contributed by atoms with Crippen LogP contribution in [0.3, 0.4) is 0 Å². The van der Waals surface area contributed by atoms with Crippen LogP contribution >= 0.6 is 23.2 Å². The molecule has 0 aliphatic heterocycles. The third-order valence-corrected chi connectivity index (χ3v) is 10.7. The van der Waals surface area contributed by atoms with Crippen LogP contribution in [0.4, 0.5) is 0 Å². The summed E-state index contributed by atoms with van der Waals surface area (Å²) in [6, 6.07) is 35.5. The van der Waals surface area contributed by atoms with Crippen molar-refractivity contribution in [1.29, 1.82) is 0 Å². The summed E-state index contributed by atoms with van der Waals surface area (Å²) in [5.41, 5.74) is 2.47. The Bertz CT molecular complexity index is 1190. The first-order valence-corrected chi connectivity index (χ1v) is 14.1. The van der Waals surface area contributed by atoms with Crippen LogP contribution in [0.15, 0.2) is 103 Å². The number of hydrogen-bond donors (Lipinski definition) is 0. The molecule has 0 saturated carbocycles. The van der Waals surface area contributed by atoms with Crippen LogP contribution in [0.1, 0.15) is 11.1 Å². The summed E-state index contributed by atoms with van der Waals surface area (Å²) in [6.45, 7) is 0. The zero-order valence-corrected chi connectivity index (χ0v) is 22.2. The SMILES string of the molecule is COc1ccc(/C([Se]c2ccc(Cl)cc2)=C(\[Se]c2ccc(Cl)cc2)c2ccccc2)cc1. The topological polar surface area (TPSA) is 9.23 Å². The summed E-state index contributed by atoms with van der Waals surface area (Å²) < 4.78 is 10.7. The van der Waals surface area contributed by atoms with E-state index in [0.29, 0.717) is 0 Å². The van der Waals surface area contributed by atoms with Crippen LogP contribution in [-0.4, -0.2) is 37.0 Å². The minimum atomic E-state index is 0.0958. The van der Waals surface area contributed by atoms with Gasteiger partial charge in [0.25, 0.3) is 0 Å². The second-order valence-corrected chi connectivity index (χ2v) is 12.3. The molecule has 0 spiro atoms. The standard InChI is InChI=1S/C27H20Cl2OSe2/c1-30-23-13-7-20(8-14-23)27(32-25-17-11-22(29)12-18-25)26(19-5-3-2-4-6-19)31-24-15-9-21(28)10-16-24/h2-18H,1H3/b27-26+. The summed E-state index contributed by atoms with van der Waals surface area (Å²) in [5, 5.41) is 1.52. The zero-order chi connectivity index (χ0) is 22.3. The van der Waals surface area contributed by atoms with E-state index >= 15 is 0 Å². The van der Waals surface area contributed by atoms with Gasteiger partial charge in [0.05, 0.1) is 0 Å². The Kier molecular flexibility index (Phi) is 8.16. The number of ether oxygens (including phenoxy) is 1. The first-order valence-electron chi connectivity index (χ1n) is 9.93. The molecule has 0 atom stereocenters. The van der Waals surface area contributed by atoms with Crippen LogP contribution in [0.25, 0.3) is 8.94 Å². The van der Waals surface area contributed by atoms with E-state index in [2.05, 4.69) is 66.7 Å². The molecule has 0 amide bonds. The van der Waals surface area contributed by atoms with E-state index in [0.717, 1.165) is 15.8 Å². The van der Waals surface area contributed by atoms with E-state index in [1.54, 1.807) is 7.11 Å². The van der Waals surface area contributed by atoms with Crippen LogP contribution in [0.5, 0.6) is 5.75 Å². The van der Waals surface area contributed by atoms with Crippen molar-refractivity contribution in [3.8, 4) is 5.75 Å². The van der Waals surface area contributed by atoms with Gasteiger partial charge in [-0.2, -0.15) is 0 Å². The Morgan fingerprint density at radius 2 is 1.00 bits per heavy atom. The van der Waals surface area contributed by atoms with Gasteiger partial charge in [0.15, 0.2) is 0 Å². The van der Waals surface area contributed by atoms with E-state index in [1.165, 1.54) is 29.0 Å². The quantitative estimate of drug-likeness (QED) is 0.193. The maximum atomic E-state index is 6.15. The summed E-state index contributed by atoms with van der Waals surface area (Å²) in [5.74, 6) is 0.858. The molecule has 0 aliphatic rings. The van der Waals surface area contributed by atoms with Crippen LogP contribution in [0, 0.1) is 0 Å². The molecule has 0 N–H and O–H groups in total. The minimum absolute atomic E-state index is 0.0958. The van der Waals surface area contributed by atoms with Crippen molar-refractivity contribution in [2.75, 3.05) is 7.11 Å².